The Kier molecular flexibility index (Phi) is 3.22. The van der Waals surface area contributed by atoms with Crippen molar-refractivity contribution in [1.29, 1.82) is 0 Å². The number of hydrogen-bond acceptors (Lipinski definition) is 5. The molecule has 114 valence electrons. The van der Waals surface area contributed by atoms with Crippen molar-refractivity contribution in [3.63, 3.8) is 0 Å². The van der Waals surface area contributed by atoms with E-state index in [2.05, 4.69) is 33.6 Å². The second-order valence-electron chi connectivity index (χ2n) is 6.10. The minimum absolute atomic E-state index is 0.200. The van der Waals surface area contributed by atoms with Crippen LogP contribution < -0.4 is 0 Å². The first-order valence-corrected chi connectivity index (χ1v) is 8.34. The Morgan fingerprint density at radius 2 is 2.19 bits per heavy atom. The van der Waals surface area contributed by atoms with Crippen molar-refractivity contribution in [1.82, 2.24) is 4.90 Å². The number of carbonyl (C=O) groups excluding carboxylic acids is 1. The number of carbonyl (C=O) groups is 1. The number of halogens is 1. The molecule has 3 aliphatic heterocycles. The fourth-order valence-electron chi connectivity index (χ4n) is 4.63. The van der Waals surface area contributed by atoms with E-state index in [4.69, 9.17) is 14.2 Å². The molecular weight excluding hydrogens is 385 g/mol. The molecule has 2 bridgehead atoms. The fourth-order valence-corrected chi connectivity index (χ4v) is 5.65. The number of fused-ring (bicyclic) bond motifs is 3. The van der Waals surface area contributed by atoms with Crippen molar-refractivity contribution in [3.05, 3.63) is 21.3 Å². The van der Waals surface area contributed by atoms with Gasteiger partial charge in [-0.1, -0.05) is 6.08 Å². The molecule has 0 aromatic heterocycles. The molecule has 0 N–H and O–H groups in total. The molecule has 2 saturated heterocycles. The maximum absolute atomic E-state index is 11.9. The van der Waals surface area contributed by atoms with Crippen molar-refractivity contribution >= 4 is 28.6 Å². The van der Waals surface area contributed by atoms with Gasteiger partial charge >= 0.3 is 5.97 Å². The summed E-state index contributed by atoms with van der Waals surface area (Å²) in [7, 11) is 3.37. The van der Waals surface area contributed by atoms with Crippen LogP contribution in [0.2, 0.25) is 0 Å². The van der Waals surface area contributed by atoms with E-state index < -0.39 is 5.60 Å². The van der Waals surface area contributed by atoms with Gasteiger partial charge in [-0.25, -0.2) is 4.79 Å². The Morgan fingerprint density at radius 3 is 2.90 bits per heavy atom. The summed E-state index contributed by atoms with van der Waals surface area (Å²) < 4.78 is 17.9. The van der Waals surface area contributed by atoms with Gasteiger partial charge in [-0.2, -0.15) is 0 Å². The highest BCUT2D eigenvalue weighted by Crippen LogP contribution is 2.57. The Morgan fingerprint density at radius 1 is 1.43 bits per heavy atom. The average molecular weight is 403 g/mol. The van der Waals surface area contributed by atoms with Crippen LogP contribution in [0, 0.1) is 0 Å². The molecule has 0 amide bonds. The van der Waals surface area contributed by atoms with Crippen LogP contribution >= 0.6 is 22.6 Å². The van der Waals surface area contributed by atoms with E-state index >= 15 is 0 Å². The molecule has 4 rings (SSSR count). The second kappa shape index (κ2) is 4.78. The Hall–Kier alpha value is -0.440. The number of ether oxygens (including phenoxy) is 3. The third kappa shape index (κ3) is 1.76. The minimum Gasteiger partial charge on any atom is -0.449 e. The summed E-state index contributed by atoms with van der Waals surface area (Å²) in [6, 6.07) is 0.750. The maximum atomic E-state index is 11.9. The lowest BCUT2D eigenvalue weighted by atomic mass is 9.81. The van der Waals surface area contributed by atoms with Gasteiger partial charge in [0.25, 0.3) is 0 Å². The standard InChI is InChI=1S/C15H18INO4/c1-19-14(20-2)11-3-4-12-15-7-8(17(11)12)5-10(16)9(15)6-13(18)21-15/h5-6,8,11-12,14H,3-4,7H2,1-2H3/t8-,11?,12-,15+/m1/s1. The number of hydrogen-bond donors (Lipinski definition) is 0. The molecule has 0 aromatic rings. The van der Waals surface area contributed by atoms with Crippen molar-refractivity contribution in [2.45, 2.75) is 49.3 Å². The Balaban J connectivity index is 1.75. The molecule has 3 heterocycles. The smallest absolute Gasteiger partial charge is 0.332 e. The zero-order valence-electron chi connectivity index (χ0n) is 12.0. The van der Waals surface area contributed by atoms with Gasteiger partial charge in [0.05, 0.1) is 12.1 Å². The van der Waals surface area contributed by atoms with Crippen LogP contribution in [0.25, 0.3) is 0 Å². The summed E-state index contributed by atoms with van der Waals surface area (Å²) >= 11 is 2.32. The molecule has 0 radical (unpaired) electrons. The van der Waals surface area contributed by atoms with E-state index in [0.29, 0.717) is 6.04 Å². The maximum Gasteiger partial charge on any atom is 0.332 e. The third-order valence-corrected chi connectivity index (χ3v) is 6.23. The van der Waals surface area contributed by atoms with Crippen LogP contribution in [0.3, 0.4) is 0 Å². The molecule has 2 fully saturated rings. The van der Waals surface area contributed by atoms with Crippen LogP contribution in [-0.4, -0.2) is 55.1 Å². The molecule has 5 nitrogen and oxygen atoms in total. The normalized spacial score (nSPS) is 41.0. The number of esters is 1. The average Bonchev–Trinajstić information content (AvgIpc) is 3.08. The molecule has 4 aliphatic rings. The summed E-state index contributed by atoms with van der Waals surface area (Å²) in [6.45, 7) is 0. The monoisotopic (exact) mass is 403 g/mol. The molecular formula is C15H18INO4. The minimum atomic E-state index is -0.437. The van der Waals surface area contributed by atoms with Crippen LogP contribution in [0.4, 0.5) is 0 Å². The van der Waals surface area contributed by atoms with Gasteiger partial charge in [0, 0.05) is 41.9 Å². The van der Waals surface area contributed by atoms with Crippen LogP contribution in [0.5, 0.6) is 0 Å². The largest absolute Gasteiger partial charge is 0.449 e. The molecule has 0 aromatic carbocycles. The zero-order valence-corrected chi connectivity index (χ0v) is 14.2. The summed E-state index contributed by atoms with van der Waals surface area (Å²) in [5.74, 6) is -0.200. The quantitative estimate of drug-likeness (QED) is 0.409. The molecule has 1 unspecified atom stereocenters. The number of methoxy groups -OCH3 is 2. The number of nitrogens with zero attached hydrogens (tertiary/aromatic N) is 1. The number of rotatable bonds is 3. The van der Waals surface area contributed by atoms with Gasteiger partial charge in [0.15, 0.2) is 11.9 Å². The molecule has 6 heteroatoms. The first kappa shape index (κ1) is 14.2. The molecule has 0 saturated carbocycles. The van der Waals surface area contributed by atoms with Crippen LogP contribution in [0.15, 0.2) is 21.3 Å². The van der Waals surface area contributed by atoms with Gasteiger partial charge in [0.1, 0.15) is 0 Å². The molecule has 1 aliphatic carbocycles. The van der Waals surface area contributed by atoms with E-state index in [0.717, 1.165) is 28.4 Å². The predicted molar refractivity (Wildman–Crippen MR) is 83.9 cm³/mol. The van der Waals surface area contributed by atoms with Gasteiger partial charge < -0.3 is 14.2 Å². The molecule has 21 heavy (non-hydrogen) atoms. The summed E-state index contributed by atoms with van der Waals surface area (Å²) in [6.07, 6.45) is 6.57. The van der Waals surface area contributed by atoms with Crippen molar-refractivity contribution in [3.8, 4) is 0 Å². The van der Waals surface area contributed by atoms with Crippen molar-refractivity contribution < 1.29 is 19.0 Å². The van der Waals surface area contributed by atoms with E-state index in [-0.39, 0.29) is 24.3 Å². The van der Waals surface area contributed by atoms with Gasteiger partial charge in [0.2, 0.25) is 0 Å². The van der Waals surface area contributed by atoms with Gasteiger partial charge in [-0.05, 0) is 35.4 Å². The topological polar surface area (TPSA) is 48.0 Å². The SMILES string of the molecule is COC(OC)C1CC[C@H]2N1[C@@H]1C=C(I)C3=CC(=O)O[C@@]32C1. The fraction of sp³-hybridized carbons (Fsp3) is 0.667. The highest BCUT2D eigenvalue weighted by Gasteiger charge is 2.65. The Labute approximate surface area is 137 Å². The highest BCUT2D eigenvalue weighted by molar-refractivity contribution is 14.1. The predicted octanol–water partition coefficient (Wildman–Crippen LogP) is 1.77. The zero-order chi connectivity index (χ0) is 14.8. The van der Waals surface area contributed by atoms with E-state index in [1.807, 2.05) is 0 Å². The lowest BCUT2D eigenvalue weighted by Gasteiger charge is -2.33. The summed E-state index contributed by atoms with van der Waals surface area (Å²) in [4.78, 5) is 14.3. The van der Waals surface area contributed by atoms with Crippen molar-refractivity contribution in [2.75, 3.05) is 14.2 Å². The first-order valence-electron chi connectivity index (χ1n) is 7.26. The summed E-state index contributed by atoms with van der Waals surface area (Å²) in [5, 5.41) is 0. The van der Waals surface area contributed by atoms with E-state index in [1.165, 1.54) is 0 Å². The first-order chi connectivity index (χ1) is 10.1. The molecule has 1 spiro atoms. The highest BCUT2D eigenvalue weighted by atomic mass is 127. The van der Waals surface area contributed by atoms with Crippen LogP contribution in [-0.2, 0) is 19.0 Å². The lowest BCUT2D eigenvalue weighted by Crippen LogP contribution is -2.48. The second-order valence-corrected chi connectivity index (χ2v) is 7.26. The third-order valence-electron chi connectivity index (χ3n) is 5.29. The van der Waals surface area contributed by atoms with Gasteiger partial charge in [-0.3, -0.25) is 4.90 Å². The Bertz CT molecular complexity index is 556. The van der Waals surface area contributed by atoms with Crippen LogP contribution in [0.1, 0.15) is 19.3 Å². The van der Waals surface area contributed by atoms with Gasteiger partial charge in [-0.15, -0.1) is 0 Å². The lowest BCUT2D eigenvalue weighted by molar-refractivity contribution is -0.151. The molecule has 4 atom stereocenters. The summed E-state index contributed by atoms with van der Waals surface area (Å²) in [5.41, 5.74) is 0.636. The van der Waals surface area contributed by atoms with E-state index in [9.17, 15) is 4.79 Å². The van der Waals surface area contributed by atoms with E-state index in [1.54, 1.807) is 20.3 Å². The van der Waals surface area contributed by atoms with Crippen molar-refractivity contribution in [2.24, 2.45) is 0 Å².